The van der Waals surface area contributed by atoms with Gasteiger partial charge in [0.2, 0.25) is 0 Å². The Kier molecular flexibility index (Phi) is 5.00. The number of hydrogen-bond acceptors (Lipinski definition) is 5. The topological polar surface area (TPSA) is 93.7 Å². The Hall–Kier alpha value is -2.83. The summed E-state index contributed by atoms with van der Waals surface area (Å²) in [4.78, 5) is 35.4. The molecule has 1 atom stereocenters. The largest absolute Gasteiger partial charge is 0.465 e. The van der Waals surface area contributed by atoms with Crippen LogP contribution < -0.4 is 10.6 Å². The summed E-state index contributed by atoms with van der Waals surface area (Å²) in [5, 5.41) is 5.25. The Morgan fingerprint density at radius 1 is 1.17 bits per heavy atom. The van der Waals surface area contributed by atoms with Crippen LogP contribution in [0.1, 0.15) is 35.8 Å². The summed E-state index contributed by atoms with van der Waals surface area (Å²) in [5.74, 6) is -0.956. The molecule has 1 aromatic rings. The molecule has 2 N–H and O–H groups in total. The summed E-state index contributed by atoms with van der Waals surface area (Å²) < 4.78 is 9.70. The van der Waals surface area contributed by atoms with E-state index in [4.69, 9.17) is 4.74 Å². The van der Waals surface area contributed by atoms with Crippen LogP contribution in [-0.2, 0) is 14.3 Å². The molecule has 23 heavy (non-hydrogen) atoms. The van der Waals surface area contributed by atoms with Gasteiger partial charge in [-0.15, -0.1) is 0 Å². The predicted octanol–water partition coefficient (Wildman–Crippen LogP) is 1.66. The summed E-state index contributed by atoms with van der Waals surface area (Å²) in [6.07, 6.45) is 0. The van der Waals surface area contributed by atoms with Crippen LogP contribution in [0, 0.1) is 0 Å². The normalized spacial score (nSPS) is 17.2. The van der Waals surface area contributed by atoms with E-state index in [0.29, 0.717) is 22.4 Å². The maximum Gasteiger partial charge on any atom is 0.338 e. The first kappa shape index (κ1) is 16.5. The van der Waals surface area contributed by atoms with E-state index >= 15 is 0 Å². The van der Waals surface area contributed by atoms with Crippen molar-refractivity contribution < 1.29 is 23.9 Å². The molecule has 0 aromatic heterocycles. The van der Waals surface area contributed by atoms with E-state index in [1.54, 1.807) is 38.1 Å². The summed E-state index contributed by atoms with van der Waals surface area (Å²) >= 11 is 0. The van der Waals surface area contributed by atoms with Gasteiger partial charge in [0.25, 0.3) is 0 Å². The number of nitrogens with one attached hydrogen (secondary N) is 2. The number of hydrogen-bond donors (Lipinski definition) is 2. The fraction of sp³-hybridized carbons (Fsp3) is 0.312. The molecule has 0 spiro atoms. The highest BCUT2D eigenvalue weighted by Crippen LogP contribution is 2.27. The lowest BCUT2D eigenvalue weighted by Crippen LogP contribution is -2.45. The molecule has 1 aromatic carbocycles. The standard InChI is InChI=1S/C16H18N2O5/c1-4-23-15(20)12-9(2)17-16(21)18-13(12)10-5-7-11(8-6-10)14(19)22-3/h5-8,13H,4H2,1-3H3,(H2,17,18,21)/t13-/m0/s1. The lowest BCUT2D eigenvalue weighted by Gasteiger charge is -2.28. The minimum absolute atomic E-state index is 0.234. The van der Waals surface area contributed by atoms with Gasteiger partial charge >= 0.3 is 18.0 Å². The van der Waals surface area contributed by atoms with Crippen molar-refractivity contribution in [3.05, 3.63) is 46.7 Å². The summed E-state index contributed by atoms with van der Waals surface area (Å²) in [6, 6.07) is 5.43. The van der Waals surface area contributed by atoms with Crippen molar-refractivity contribution >= 4 is 18.0 Å². The molecule has 0 radical (unpaired) electrons. The quantitative estimate of drug-likeness (QED) is 0.824. The van der Waals surface area contributed by atoms with Crippen LogP contribution in [0.5, 0.6) is 0 Å². The number of carbonyl (C=O) groups excluding carboxylic acids is 3. The van der Waals surface area contributed by atoms with Crippen molar-refractivity contribution in [2.24, 2.45) is 0 Å². The highest BCUT2D eigenvalue weighted by Gasteiger charge is 2.32. The number of esters is 2. The average Bonchev–Trinajstić information content (AvgIpc) is 2.53. The molecular weight excluding hydrogens is 300 g/mol. The molecule has 122 valence electrons. The Balaban J connectivity index is 2.38. The SMILES string of the molecule is CCOC(=O)C1=C(C)NC(=O)N[C@H]1c1ccc(C(=O)OC)cc1. The zero-order valence-corrected chi connectivity index (χ0v) is 13.1. The zero-order chi connectivity index (χ0) is 17.0. The molecule has 2 amide bonds. The van der Waals surface area contributed by atoms with E-state index in [-0.39, 0.29) is 6.61 Å². The molecule has 0 aliphatic carbocycles. The van der Waals surface area contributed by atoms with E-state index in [0.717, 1.165) is 0 Å². The highest BCUT2D eigenvalue weighted by molar-refractivity contribution is 5.95. The molecule has 0 fully saturated rings. The molecule has 0 unspecified atom stereocenters. The molecule has 1 aliphatic heterocycles. The molecular formula is C16H18N2O5. The fourth-order valence-corrected chi connectivity index (χ4v) is 2.35. The van der Waals surface area contributed by atoms with Crippen LogP contribution in [0.3, 0.4) is 0 Å². The second-order valence-electron chi connectivity index (χ2n) is 4.90. The highest BCUT2D eigenvalue weighted by atomic mass is 16.5. The minimum atomic E-state index is -0.644. The van der Waals surface area contributed by atoms with Crippen molar-refractivity contribution in [2.75, 3.05) is 13.7 Å². The first-order valence-corrected chi connectivity index (χ1v) is 7.11. The van der Waals surface area contributed by atoms with Crippen molar-refractivity contribution in [3.8, 4) is 0 Å². The van der Waals surface area contributed by atoms with E-state index in [1.807, 2.05) is 0 Å². The van der Waals surface area contributed by atoms with Crippen molar-refractivity contribution in [3.63, 3.8) is 0 Å². The maximum atomic E-state index is 12.2. The molecule has 1 aliphatic rings. The number of allylic oxidation sites excluding steroid dienone is 1. The number of rotatable bonds is 4. The van der Waals surface area contributed by atoms with Gasteiger partial charge < -0.3 is 20.1 Å². The Morgan fingerprint density at radius 2 is 1.83 bits per heavy atom. The van der Waals surface area contributed by atoms with Crippen LogP contribution in [-0.4, -0.2) is 31.7 Å². The van der Waals surface area contributed by atoms with E-state index < -0.39 is 24.0 Å². The van der Waals surface area contributed by atoms with Crippen molar-refractivity contribution in [1.29, 1.82) is 0 Å². The van der Waals surface area contributed by atoms with Crippen molar-refractivity contribution in [1.82, 2.24) is 10.6 Å². The van der Waals surface area contributed by atoms with Crippen LogP contribution in [0.25, 0.3) is 0 Å². The summed E-state index contributed by atoms with van der Waals surface area (Å²) in [7, 11) is 1.30. The lowest BCUT2D eigenvalue weighted by atomic mass is 9.95. The number of benzene rings is 1. The summed E-state index contributed by atoms with van der Waals surface area (Å²) in [5.41, 5.74) is 1.82. The summed E-state index contributed by atoms with van der Waals surface area (Å²) in [6.45, 7) is 3.58. The Morgan fingerprint density at radius 3 is 2.39 bits per heavy atom. The third kappa shape index (κ3) is 3.50. The van der Waals surface area contributed by atoms with Crippen LogP contribution in [0.4, 0.5) is 4.79 Å². The number of carbonyl (C=O) groups is 3. The van der Waals surface area contributed by atoms with Gasteiger partial charge in [0.05, 0.1) is 30.9 Å². The van der Waals surface area contributed by atoms with Gasteiger partial charge in [0.1, 0.15) is 0 Å². The van der Waals surface area contributed by atoms with Crippen molar-refractivity contribution in [2.45, 2.75) is 19.9 Å². The van der Waals surface area contributed by atoms with Gasteiger partial charge in [-0.1, -0.05) is 12.1 Å². The maximum absolute atomic E-state index is 12.2. The van der Waals surface area contributed by atoms with Crippen LogP contribution in [0.15, 0.2) is 35.5 Å². The van der Waals surface area contributed by atoms with E-state index in [2.05, 4.69) is 15.4 Å². The monoisotopic (exact) mass is 318 g/mol. The minimum Gasteiger partial charge on any atom is -0.465 e. The zero-order valence-electron chi connectivity index (χ0n) is 13.1. The number of methoxy groups -OCH3 is 1. The first-order valence-electron chi connectivity index (χ1n) is 7.11. The third-order valence-corrected chi connectivity index (χ3v) is 3.43. The molecule has 7 heteroatoms. The lowest BCUT2D eigenvalue weighted by molar-refractivity contribution is -0.139. The van der Waals surface area contributed by atoms with Gasteiger partial charge in [-0.2, -0.15) is 0 Å². The van der Waals surface area contributed by atoms with Gasteiger partial charge in [-0.05, 0) is 31.5 Å². The third-order valence-electron chi connectivity index (χ3n) is 3.43. The average molecular weight is 318 g/mol. The number of ether oxygens (including phenoxy) is 2. The second-order valence-corrected chi connectivity index (χ2v) is 4.90. The molecule has 2 rings (SSSR count). The molecule has 7 nitrogen and oxygen atoms in total. The van der Waals surface area contributed by atoms with E-state index in [9.17, 15) is 14.4 Å². The second kappa shape index (κ2) is 6.95. The first-order chi connectivity index (χ1) is 11.0. The molecule has 0 saturated carbocycles. The Bertz CT molecular complexity index is 664. The van der Waals surface area contributed by atoms with Gasteiger partial charge in [0, 0.05) is 5.70 Å². The van der Waals surface area contributed by atoms with E-state index in [1.165, 1.54) is 7.11 Å². The van der Waals surface area contributed by atoms with Crippen LogP contribution in [0.2, 0.25) is 0 Å². The molecule has 0 bridgehead atoms. The fourth-order valence-electron chi connectivity index (χ4n) is 2.35. The van der Waals surface area contributed by atoms with Gasteiger partial charge in [-0.3, -0.25) is 0 Å². The van der Waals surface area contributed by atoms with Crippen LogP contribution >= 0.6 is 0 Å². The molecule has 1 heterocycles. The predicted molar refractivity (Wildman–Crippen MR) is 81.5 cm³/mol. The smallest absolute Gasteiger partial charge is 0.338 e. The molecule has 0 saturated heterocycles. The van der Waals surface area contributed by atoms with Gasteiger partial charge in [0.15, 0.2) is 0 Å². The number of amides is 2. The Labute approximate surface area is 133 Å². The van der Waals surface area contributed by atoms with Gasteiger partial charge in [-0.25, -0.2) is 14.4 Å². The number of urea groups is 1.